The van der Waals surface area contributed by atoms with Gasteiger partial charge in [0.05, 0.1) is 5.25 Å². The number of rotatable bonds is 5. The van der Waals surface area contributed by atoms with Gasteiger partial charge in [0.2, 0.25) is 5.91 Å². The number of anilines is 2. The van der Waals surface area contributed by atoms with Gasteiger partial charge in [0.25, 0.3) is 5.91 Å². The highest BCUT2D eigenvalue weighted by Crippen LogP contribution is 2.42. The number of nitrogens with zero attached hydrogens (tertiary/aromatic N) is 2. The molecule has 0 aliphatic carbocycles. The number of thioether (sulfide) groups is 1. The summed E-state index contributed by atoms with van der Waals surface area (Å²) in [5.41, 5.74) is 3.10. The molecule has 2 amide bonds. The Morgan fingerprint density at radius 2 is 1.85 bits per heavy atom. The van der Waals surface area contributed by atoms with E-state index in [1.807, 2.05) is 49.4 Å². The number of carbonyl (C=O) groups is 2. The van der Waals surface area contributed by atoms with Crippen LogP contribution in [0.25, 0.3) is 0 Å². The molecule has 0 aromatic heterocycles. The number of hydrogen-bond acceptors (Lipinski definition) is 4. The van der Waals surface area contributed by atoms with Crippen LogP contribution in [0.5, 0.6) is 0 Å². The van der Waals surface area contributed by atoms with Crippen LogP contribution in [0.2, 0.25) is 5.02 Å². The third kappa shape index (κ3) is 5.36. The molecule has 8 heteroatoms. The summed E-state index contributed by atoms with van der Waals surface area (Å²) in [4.78, 5) is 28.1. The van der Waals surface area contributed by atoms with E-state index in [2.05, 4.69) is 21.2 Å². The lowest BCUT2D eigenvalue weighted by Gasteiger charge is -2.19. The summed E-state index contributed by atoms with van der Waals surface area (Å²) in [5, 5.41) is 13.1. The van der Waals surface area contributed by atoms with Gasteiger partial charge in [-0.05, 0) is 67.4 Å². The van der Waals surface area contributed by atoms with E-state index in [1.165, 1.54) is 16.7 Å². The zero-order valence-corrected chi connectivity index (χ0v) is 21.2. The van der Waals surface area contributed by atoms with Gasteiger partial charge >= 0.3 is 0 Å². The Labute approximate surface area is 215 Å². The van der Waals surface area contributed by atoms with Crippen molar-refractivity contribution in [3.05, 3.63) is 104 Å². The summed E-state index contributed by atoms with van der Waals surface area (Å²) in [5.74, 6) is -0.755. The fourth-order valence-electron chi connectivity index (χ4n) is 3.59. The van der Waals surface area contributed by atoms with E-state index in [0.717, 1.165) is 15.6 Å². The molecule has 0 spiro atoms. The molecule has 1 fully saturated rings. The molecule has 0 saturated carbocycles. The fourth-order valence-corrected chi connectivity index (χ4v) is 5.29. The molecular weight excluding hydrogens is 534 g/mol. The van der Waals surface area contributed by atoms with Crippen LogP contribution in [0.4, 0.5) is 11.4 Å². The summed E-state index contributed by atoms with van der Waals surface area (Å²) in [6.07, 6.45) is 0.485. The van der Waals surface area contributed by atoms with E-state index in [9.17, 15) is 14.9 Å². The highest BCUT2D eigenvalue weighted by Gasteiger charge is 2.40. The standard InChI is InChI=1S/C26H19BrClN3O2S/c1-16-3-2-4-17(13-16)14-23-25(33)31(21-11-5-18(27)6-12-21)26(34-23)22(15-29)24(32)30-20-9-7-19(28)8-10-20/h2-13,23H,14H2,1H3,(H,30,32)/b26-22-/t23-/m0/s1. The van der Waals surface area contributed by atoms with Gasteiger partial charge in [-0.3, -0.25) is 14.5 Å². The van der Waals surface area contributed by atoms with Crippen molar-refractivity contribution in [1.82, 2.24) is 0 Å². The SMILES string of the molecule is Cc1cccc(C[C@@H]2S/C(=C(/C#N)C(=O)Nc3ccc(Cl)cc3)N(c3ccc(Br)cc3)C2=O)c1. The van der Waals surface area contributed by atoms with Gasteiger partial charge < -0.3 is 5.32 Å². The van der Waals surface area contributed by atoms with Crippen molar-refractivity contribution < 1.29 is 9.59 Å². The summed E-state index contributed by atoms with van der Waals surface area (Å²) >= 11 is 10.6. The lowest BCUT2D eigenvalue weighted by molar-refractivity contribution is -0.117. The lowest BCUT2D eigenvalue weighted by atomic mass is 10.1. The number of nitriles is 1. The highest BCUT2D eigenvalue weighted by atomic mass is 79.9. The van der Waals surface area contributed by atoms with E-state index in [-0.39, 0.29) is 11.5 Å². The van der Waals surface area contributed by atoms with Crippen molar-refractivity contribution in [2.45, 2.75) is 18.6 Å². The summed E-state index contributed by atoms with van der Waals surface area (Å²) in [7, 11) is 0. The molecule has 3 aromatic carbocycles. The molecule has 34 heavy (non-hydrogen) atoms. The van der Waals surface area contributed by atoms with Crippen LogP contribution >= 0.6 is 39.3 Å². The van der Waals surface area contributed by atoms with Crippen molar-refractivity contribution in [3.63, 3.8) is 0 Å². The minimum Gasteiger partial charge on any atom is -0.321 e. The fraction of sp³-hybridized carbons (Fsp3) is 0.115. The first-order valence-electron chi connectivity index (χ1n) is 10.4. The number of aryl methyl sites for hydroxylation is 1. The normalized spacial score (nSPS) is 16.8. The quantitative estimate of drug-likeness (QED) is 0.291. The van der Waals surface area contributed by atoms with Crippen LogP contribution in [0, 0.1) is 18.3 Å². The Balaban J connectivity index is 1.72. The monoisotopic (exact) mass is 551 g/mol. The molecule has 1 heterocycles. The third-order valence-corrected chi connectivity index (χ3v) is 7.24. The van der Waals surface area contributed by atoms with Crippen LogP contribution in [0.3, 0.4) is 0 Å². The maximum absolute atomic E-state index is 13.5. The van der Waals surface area contributed by atoms with E-state index in [4.69, 9.17) is 11.6 Å². The number of carbonyl (C=O) groups excluding carboxylic acids is 2. The Kier molecular flexibility index (Phi) is 7.42. The Bertz CT molecular complexity index is 1320. The first-order valence-corrected chi connectivity index (χ1v) is 12.4. The van der Waals surface area contributed by atoms with Gasteiger partial charge in [-0.25, -0.2) is 0 Å². The van der Waals surface area contributed by atoms with Gasteiger partial charge in [0.15, 0.2) is 0 Å². The van der Waals surface area contributed by atoms with Crippen molar-refractivity contribution in [2.24, 2.45) is 0 Å². The molecule has 1 aliphatic rings. The molecule has 0 radical (unpaired) electrons. The first kappa shape index (κ1) is 24.1. The van der Waals surface area contributed by atoms with E-state index in [0.29, 0.717) is 27.8 Å². The second kappa shape index (κ2) is 10.5. The van der Waals surface area contributed by atoms with Crippen LogP contribution in [0.1, 0.15) is 11.1 Å². The van der Waals surface area contributed by atoms with Crippen molar-refractivity contribution in [1.29, 1.82) is 5.26 Å². The predicted octanol–water partition coefficient (Wildman–Crippen LogP) is 6.48. The largest absolute Gasteiger partial charge is 0.321 e. The van der Waals surface area contributed by atoms with Gasteiger partial charge in [-0.2, -0.15) is 5.26 Å². The molecule has 3 aromatic rings. The molecule has 4 rings (SSSR count). The number of benzene rings is 3. The maximum Gasteiger partial charge on any atom is 0.269 e. The minimum atomic E-state index is -0.585. The second-order valence-corrected chi connectivity index (χ2v) is 10.2. The zero-order chi connectivity index (χ0) is 24.2. The van der Waals surface area contributed by atoms with Crippen LogP contribution in [0.15, 0.2) is 87.9 Å². The van der Waals surface area contributed by atoms with Crippen molar-refractivity contribution in [2.75, 3.05) is 10.2 Å². The molecule has 0 unspecified atom stereocenters. The summed E-state index contributed by atoms with van der Waals surface area (Å²) in [6, 6.07) is 23.8. The molecule has 1 aliphatic heterocycles. The van der Waals surface area contributed by atoms with E-state index >= 15 is 0 Å². The first-order chi connectivity index (χ1) is 16.4. The maximum atomic E-state index is 13.5. The Morgan fingerprint density at radius 3 is 2.50 bits per heavy atom. The lowest BCUT2D eigenvalue weighted by Crippen LogP contribution is -2.30. The Morgan fingerprint density at radius 1 is 1.15 bits per heavy atom. The zero-order valence-electron chi connectivity index (χ0n) is 18.1. The van der Waals surface area contributed by atoms with E-state index < -0.39 is 11.2 Å². The molecule has 1 atom stereocenters. The van der Waals surface area contributed by atoms with Crippen molar-refractivity contribution in [3.8, 4) is 6.07 Å². The number of amides is 2. The van der Waals surface area contributed by atoms with Crippen LogP contribution in [-0.2, 0) is 16.0 Å². The molecule has 1 N–H and O–H groups in total. The van der Waals surface area contributed by atoms with Gasteiger partial charge in [-0.1, -0.05) is 69.1 Å². The second-order valence-electron chi connectivity index (χ2n) is 7.70. The van der Waals surface area contributed by atoms with Crippen LogP contribution < -0.4 is 10.2 Å². The van der Waals surface area contributed by atoms with Crippen molar-refractivity contribution >= 4 is 62.5 Å². The average Bonchev–Trinajstić information content (AvgIpc) is 3.12. The molecule has 1 saturated heterocycles. The topological polar surface area (TPSA) is 73.2 Å². The number of hydrogen-bond donors (Lipinski definition) is 1. The smallest absolute Gasteiger partial charge is 0.269 e. The molecule has 170 valence electrons. The summed E-state index contributed by atoms with van der Waals surface area (Å²) in [6.45, 7) is 2.00. The Hall–Kier alpha value is -3.05. The molecule has 5 nitrogen and oxygen atoms in total. The predicted molar refractivity (Wildman–Crippen MR) is 141 cm³/mol. The third-order valence-electron chi connectivity index (χ3n) is 5.20. The number of halogens is 2. The molecular formula is C26H19BrClN3O2S. The number of nitrogens with one attached hydrogen (secondary N) is 1. The minimum absolute atomic E-state index is 0.122. The van der Waals surface area contributed by atoms with Gasteiger partial charge in [0.1, 0.15) is 16.7 Å². The van der Waals surface area contributed by atoms with E-state index in [1.54, 1.807) is 36.4 Å². The van der Waals surface area contributed by atoms with Gasteiger partial charge in [-0.15, -0.1) is 0 Å². The highest BCUT2D eigenvalue weighted by molar-refractivity contribution is 9.10. The molecule has 0 bridgehead atoms. The summed E-state index contributed by atoms with van der Waals surface area (Å²) < 4.78 is 0.860. The van der Waals surface area contributed by atoms with Crippen LogP contribution in [-0.4, -0.2) is 17.1 Å². The van der Waals surface area contributed by atoms with Gasteiger partial charge in [0, 0.05) is 20.9 Å². The average molecular weight is 553 g/mol.